The summed E-state index contributed by atoms with van der Waals surface area (Å²) in [6.07, 6.45) is 0. The van der Waals surface area contributed by atoms with E-state index in [1.807, 2.05) is 42.5 Å². The SMILES string of the molecule is CC(=O)c1ccc(-c2ccc3c(c2)OCCO3)cc1. The zero-order valence-electron chi connectivity index (χ0n) is 10.7. The lowest BCUT2D eigenvalue weighted by atomic mass is 10.0. The van der Waals surface area contributed by atoms with E-state index in [0.717, 1.165) is 28.2 Å². The minimum Gasteiger partial charge on any atom is -0.486 e. The van der Waals surface area contributed by atoms with Gasteiger partial charge in [-0.2, -0.15) is 0 Å². The van der Waals surface area contributed by atoms with E-state index in [-0.39, 0.29) is 5.78 Å². The summed E-state index contributed by atoms with van der Waals surface area (Å²) in [5.41, 5.74) is 2.84. The van der Waals surface area contributed by atoms with Crippen LogP contribution in [0.15, 0.2) is 42.5 Å². The smallest absolute Gasteiger partial charge is 0.161 e. The van der Waals surface area contributed by atoms with Gasteiger partial charge in [-0.1, -0.05) is 30.3 Å². The van der Waals surface area contributed by atoms with E-state index in [4.69, 9.17) is 9.47 Å². The fourth-order valence-corrected chi connectivity index (χ4v) is 2.12. The van der Waals surface area contributed by atoms with Gasteiger partial charge in [0.2, 0.25) is 0 Å². The number of fused-ring (bicyclic) bond motifs is 1. The van der Waals surface area contributed by atoms with Crippen LogP contribution in [0.25, 0.3) is 11.1 Å². The van der Waals surface area contributed by atoms with Crippen molar-refractivity contribution in [2.24, 2.45) is 0 Å². The number of ketones is 1. The number of carbonyl (C=O) groups is 1. The molecule has 1 aliphatic rings. The Morgan fingerprint density at radius 3 is 2.21 bits per heavy atom. The first kappa shape index (κ1) is 11.8. The lowest BCUT2D eigenvalue weighted by Crippen LogP contribution is -2.15. The summed E-state index contributed by atoms with van der Waals surface area (Å²) >= 11 is 0. The van der Waals surface area contributed by atoms with Crippen molar-refractivity contribution in [3.05, 3.63) is 48.0 Å². The van der Waals surface area contributed by atoms with E-state index in [0.29, 0.717) is 13.2 Å². The molecule has 3 heteroatoms. The second kappa shape index (κ2) is 4.76. The van der Waals surface area contributed by atoms with Crippen LogP contribution in [0.3, 0.4) is 0 Å². The third kappa shape index (κ3) is 2.32. The van der Waals surface area contributed by atoms with Crippen molar-refractivity contribution in [1.29, 1.82) is 0 Å². The Hall–Kier alpha value is -2.29. The summed E-state index contributed by atoms with van der Waals surface area (Å²) in [6, 6.07) is 13.5. The highest BCUT2D eigenvalue weighted by Crippen LogP contribution is 2.34. The van der Waals surface area contributed by atoms with Crippen molar-refractivity contribution in [2.45, 2.75) is 6.92 Å². The molecule has 0 N–H and O–H groups in total. The molecule has 0 saturated heterocycles. The lowest BCUT2D eigenvalue weighted by Gasteiger charge is -2.18. The van der Waals surface area contributed by atoms with Gasteiger partial charge in [0, 0.05) is 5.56 Å². The summed E-state index contributed by atoms with van der Waals surface area (Å²) < 4.78 is 11.1. The Morgan fingerprint density at radius 2 is 1.53 bits per heavy atom. The minimum absolute atomic E-state index is 0.0775. The lowest BCUT2D eigenvalue weighted by molar-refractivity contribution is 0.101. The summed E-state index contributed by atoms with van der Waals surface area (Å²) in [6.45, 7) is 2.75. The van der Waals surface area contributed by atoms with Crippen LogP contribution in [0.5, 0.6) is 11.5 Å². The van der Waals surface area contributed by atoms with E-state index in [1.54, 1.807) is 6.92 Å². The van der Waals surface area contributed by atoms with E-state index >= 15 is 0 Å². The molecule has 0 aromatic heterocycles. The van der Waals surface area contributed by atoms with Crippen LogP contribution in [0, 0.1) is 0 Å². The largest absolute Gasteiger partial charge is 0.486 e. The Morgan fingerprint density at radius 1 is 0.895 bits per heavy atom. The van der Waals surface area contributed by atoms with Gasteiger partial charge < -0.3 is 9.47 Å². The molecule has 96 valence electrons. The molecule has 0 saturated carbocycles. The van der Waals surface area contributed by atoms with Crippen molar-refractivity contribution in [3.8, 4) is 22.6 Å². The van der Waals surface area contributed by atoms with Crippen LogP contribution in [-0.2, 0) is 0 Å². The average Bonchev–Trinajstić information content (AvgIpc) is 2.47. The fraction of sp³-hybridized carbons (Fsp3) is 0.188. The molecule has 0 bridgehead atoms. The Bertz CT molecular complexity index is 614. The first-order chi connectivity index (χ1) is 9.24. The van der Waals surface area contributed by atoms with Crippen molar-refractivity contribution in [3.63, 3.8) is 0 Å². The molecule has 1 aliphatic heterocycles. The number of rotatable bonds is 2. The molecule has 0 radical (unpaired) electrons. The molecule has 2 aromatic carbocycles. The molecular weight excluding hydrogens is 240 g/mol. The molecule has 0 unspecified atom stereocenters. The Kier molecular flexibility index (Phi) is 2.95. The summed E-state index contributed by atoms with van der Waals surface area (Å²) in [7, 11) is 0. The van der Waals surface area contributed by atoms with E-state index in [2.05, 4.69) is 0 Å². The fourth-order valence-electron chi connectivity index (χ4n) is 2.12. The highest BCUT2D eigenvalue weighted by molar-refractivity contribution is 5.94. The van der Waals surface area contributed by atoms with Gasteiger partial charge in [-0.25, -0.2) is 0 Å². The number of benzene rings is 2. The third-order valence-electron chi connectivity index (χ3n) is 3.17. The van der Waals surface area contributed by atoms with Gasteiger partial charge in [-0.3, -0.25) is 4.79 Å². The molecule has 2 aromatic rings. The number of carbonyl (C=O) groups excluding carboxylic acids is 1. The second-order valence-electron chi connectivity index (χ2n) is 4.49. The highest BCUT2D eigenvalue weighted by Gasteiger charge is 2.12. The zero-order chi connectivity index (χ0) is 13.2. The number of ether oxygens (including phenoxy) is 2. The summed E-state index contributed by atoms with van der Waals surface area (Å²) in [4.78, 5) is 11.2. The first-order valence-electron chi connectivity index (χ1n) is 6.25. The molecule has 1 heterocycles. The Balaban J connectivity index is 1.95. The molecule has 3 rings (SSSR count). The monoisotopic (exact) mass is 254 g/mol. The predicted molar refractivity (Wildman–Crippen MR) is 72.9 cm³/mol. The van der Waals surface area contributed by atoms with Crippen LogP contribution in [0.4, 0.5) is 0 Å². The van der Waals surface area contributed by atoms with Crippen molar-refractivity contribution in [2.75, 3.05) is 13.2 Å². The van der Waals surface area contributed by atoms with Gasteiger partial charge in [0.05, 0.1) is 0 Å². The molecule has 0 atom stereocenters. The van der Waals surface area contributed by atoms with E-state index < -0.39 is 0 Å². The minimum atomic E-state index is 0.0775. The van der Waals surface area contributed by atoms with E-state index in [1.165, 1.54) is 0 Å². The number of Topliss-reactive ketones (excluding diaryl/α,β-unsaturated/α-hetero) is 1. The maximum atomic E-state index is 11.2. The highest BCUT2D eigenvalue weighted by atomic mass is 16.6. The zero-order valence-corrected chi connectivity index (χ0v) is 10.7. The van der Waals surface area contributed by atoms with Gasteiger partial charge in [-0.05, 0) is 30.2 Å². The second-order valence-corrected chi connectivity index (χ2v) is 4.49. The number of hydrogen-bond donors (Lipinski definition) is 0. The molecule has 0 fully saturated rings. The maximum absolute atomic E-state index is 11.2. The van der Waals surface area contributed by atoms with Crippen molar-refractivity contribution >= 4 is 5.78 Å². The molecular formula is C16H14O3. The van der Waals surface area contributed by atoms with Gasteiger partial charge in [-0.15, -0.1) is 0 Å². The van der Waals surface area contributed by atoms with Crippen LogP contribution in [-0.4, -0.2) is 19.0 Å². The standard InChI is InChI=1S/C16H14O3/c1-11(17)12-2-4-13(5-3-12)14-6-7-15-16(10-14)19-9-8-18-15/h2-7,10H,8-9H2,1H3. The topological polar surface area (TPSA) is 35.5 Å². The molecule has 3 nitrogen and oxygen atoms in total. The third-order valence-corrected chi connectivity index (χ3v) is 3.17. The van der Waals surface area contributed by atoms with Crippen LogP contribution >= 0.6 is 0 Å². The predicted octanol–water partition coefficient (Wildman–Crippen LogP) is 3.33. The number of hydrogen-bond acceptors (Lipinski definition) is 3. The van der Waals surface area contributed by atoms with Gasteiger partial charge >= 0.3 is 0 Å². The van der Waals surface area contributed by atoms with Gasteiger partial charge in [0.1, 0.15) is 13.2 Å². The van der Waals surface area contributed by atoms with Gasteiger partial charge in [0.15, 0.2) is 17.3 Å². The van der Waals surface area contributed by atoms with Gasteiger partial charge in [0.25, 0.3) is 0 Å². The van der Waals surface area contributed by atoms with Crippen LogP contribution < -0.4 is 9.47 Å². The first-order valence-corrected chi connectivity index (χ1v) is 6.25. The molecule has 0 amide bonds. The average molecular weight is 254 g/mol. The van der Waals surface area contributed by atoms with E-state index in [9.17, 15) is 4.79 Å². The molecule has 0 spiro atoms. The molecule has 19 heavy (non-hydrogen) atoms. The van der Waals surface area contributed by atoms with Crippen molar-refractivity contribution in [1.82, 2.24) is 0 Å². The summed E-state index contributed by atoms with van der Waals surface area (Å²) in [5, 5.41) is 0. The summed E-state index contributed by atoms with van der Waals surface area (Å²) in [5.74, 6) is 1.64. The Labute approximate surface area is 111 Å². The molecule has 0 aliphatic carbocycles. The normalized spacial score (nSPS) is 13.1. The van der Waals surface area contributed by atoms with Crippen molar-refractivity contribution < 1.29 is 14.3 Å². The van der Waals surface area contributed by atoms with Crippen LogP contribution in [0.1, 0.15) is 17.3 Å². The van der Waals surface area contributed by atoms with Crippen LogP contribution in [0.2, 0.25) is 0 Å². The maximum Gasteiger partial charge on any atom is 0.161 e. The quantitative estimate of drug-likeness (QED) is 0.771.